The minimum absolute atomic E-state index is 0.261. The second kappa shape index (κ2) is 7.76. The van der Waals surface area contributed by atoms with E-state index in [0.717, 1.165) is 41.6 Å². The molecule has 0 amide bonds. The molecule has 29 heavy (non-hydrogen) atoms. The van der Waals surface area contributed by atoms with Gasteiger partial charge in [-0.2, -0.15) is 5.26 Å². The van der Waals surface area contributed by atoms with Crippen molar-refractivity contribution in [2.24, 2.45) is 0 Å². The van der Waals surface area contributed by atoms with E-state index in [0.29, 0.717) is 17.0 Å². The quantitative estimate of drug-likeness (QED) is 0.683. The summed E-state index contributed by atoms with van der Waals surface area (Å²) >= 11 is 0. The molecule has 2 N–H and O–H groups in total. The van der Waals surface area contributed by atoms with Gasteiger partial charge in [-0.15, -0.1) is 0 Å². The van der Waals surface area contributed by atoms with Crippen LogP contribution in [-0.4, -0.2) is 18.1 Å². The van der Waals surface area contributed by atoms with Crippen molar-refractivity contribution in [3.05, 3.63) is 82.5 Å². The van der Waals surface area contributed by atoms with Gasteiger partial charge in [0, 0.05) is 11.3 Å². The molecule has 3 aromatic rings. The van der Waals surface area contributed by atoms with Crippen molar-refractivity contribution in [1.82, 2.24) is 4.98 Å². The van der Waals surface area contributed by atoms with Crippen LogP contribution < -0.4 is 5.73 Å². The van der Waals surface area contributed by atoms with Crippen LogP contribution in [0.15, 0.2) is 54.6 Å². The number of aromatic nitrogens is 1. The SMILES string of the molecule is COC(=O)c1ccc(-c2c(C#N)c(N)nc3c2CC(c2ccccc2)CC3)cc1. The summed E-state index contributed by atoms with van der Waals surface area (Å²) in [6, 6.07) is 19.8. The average Bonchev–Trinajstić information content (AvgIpc) is 2.78. The zero-order valence-corrected chi connectivity index (χ0v) is 16.2. The van der Waals surface area contributed by atoms with Gasteiger partial charge in [-0.1, -0.05) is 42.5 Å². The van der Waals surface area contributed by atoms with Gasteiger partial charge >= 0.3 is 5.97 Å². The van der Waals surface area contributed by atoms with Gasteiger partial charge in [0.2, 0.25) is 0 Å². The number of hydrogen-bond donors (Lipinski definition) is 1. The lowest BCUT2D eigenvalue weighted by Crippen LogP contribution is -2.17. The summed E-state index contributed by atoms with van der Waals surface area (Å²) in [5, 5.41) is 9.78. The summed E-state index contributed by atoms with van der Waals surface area (Å²) in [6.07, 6.45) is 2.61. The number of fused-ring (bicyclic) bond motifs is 1. The maximum Gasteiger partial charge on any atom is 0.337 e. The molecule has 2 aromatic carbocycles. The van der Waals surface area contributed by atoms with Crippen LogP contribution in [0.3, 0.4) is 0 Å². The number of nitrogen functional groups attached to an aromatic ring is 1. The lowest BCUT2D eigenvalue weighted by molar-refractivity contribution is 0.0601. The van der Waals surface area contributed by atoms with Crippen molar-refractivity contribution in [3.8, 4) is 17.2 Å². The highest BCUT2D eigenvalue weighted by atomic mass is 16.5. The molecule has 144 valence electrons. The number of carbonyl (C=O) groups excluding carboxylic acids is 1. The number of benzene rings is 2. The van der Waals surface area contributed by atoms with Gasteiger partial charge in [0.25, 0.3) is 0 Å². The van der Waals surface area contributed by atoms with Gasteiger partial charge in [0.15, 0.2) is 0 Å². The second-order valence-electron chi connectivity index (χ2n) is 7.20. The first-order valence-electron chi connectivity index (χ1n) is 9.57. The smallest absolute Gasteiger partial charge is 0.337 e. The van der Waals surface area contributed by atoms with Gasteiger partial charge in [-0.3, -0.25) is 0 Å². The first-order chi connectivity index (χ1) is 14.1. The Hall–Kier alpha value is -3.65. The molecule has 0 bridgehead atoms. The second-order valence-corrected chi connectivity index (χ2v) is 7.20. The van der Waals surface area contributed by atoms with Crippen LogP contribution in [0.4, 0.5) is 5.82 Å². The zero-order valence-electron chi connectivity index (χ0n) is 16.2. The molecule has 0 aliphatic heterocycles. The number of nitriles is 1. The van der Waals surface area contributed by atoms with Gasteiger partial charge in [-0.05, 0) is 54.0 Å². The molecule has 4 rings (SSSR count). The van der Waals surface area contributed by atoms with E-state index >= 15 is 0 Å². The van der Waals surface area contributed by atoms with Gasteiger partial charge < -0.3 is 10.5 Å². The number of pyridine rings is 1. The van der Waals surface area contributed by atoms with Crippen molar-refractivity contribution in [2.75, 3.05) is 12.8 Å². The monoisotopic (exact) mass is 383 g/mol. The third-order valence-corrected chi connectivity index (χ3v) is 5.57. The van der Waals surface area contributed by atoms with E-state index in [-0.39, 0.29) is 5.82 Å². The van der Waals surface area contributed by atoms with Crippen LogP contribution in [0.1, 0.15) is 45.1 Å². The lowest BCUT2D eigenvalue weighted by Gasteiger charge is -2.27. The van der Waals surface area contributed by atoms with Crippen LogP contribution in [0.25, 0.3) is 11.1 Å². The Kier molecular flexibility index (Phi) is 5.01. The number of aryl methyl sites for hydroxylation is 1. The van der Waals surface area contributed by atoms with Crippen molar-refractivity contribution in [1.29, 1.82) is 5.26 Å². The number of nitrogens with zero attached hydrogens (tertiary/aromatic N) is 2. The molecule has 0 saturated carbocycles. The zero-order chi connectivity index (χ0) is 20.4. The Morgan fingerprint density at radius 1 is 1.17 bits per heavy atom. The number of anilines is 1. The lowest BCUT2D eigenvalue weighted by atomic mass is 9.78. The molecule has 1 aliphatic rings. The van der Waals surface area contributed by atoms with Crippen LogP contribution in [0.2, 0.25) is 0 Å². The molecule has 5 nitrogen and oxygen atoms in total. The standard InChI is InChI=1S/C24H21N3O2/c1-29-24(28)17-9-7-16(8-10-17)22-19-13-18(15-5-3-2-4-6-15)11-12-21(19)27-23(26)20(22)14-25/h2-10,18H,11-13H2,1H3,(H2,26,27). The highest BCUT2D eigenvalue weighted by Crippen LogP contribution is 2.40. The van der Waals surface area contributed by atoms with E-state index in [4.69, 9.17) is 10.5 Å². The summed E-state index contributed by atoms with van der Waals surface area (Å²) in [5.41, 5.74) is 12.0. The van der Waals surface area contributed by atoms with Crippen LogP contribution in [0.5, 0.6) is 0 Å². The van der Waals surface area contributed by atoms with Gasteiger partial charge in [0.05, 0.1) is 12.7 Å². The molecule has 0 radical (unpaired) electrons. The third-order valence-electron chi connectivity index (χ3n) is 5.57. The minimum atomic E-state index is -0.391. The largest absolute Gasteiger partial charge is 0.465 e. The molecule has 0 saturated heterocycles. The fourth-order valence-corrected chi connectivity index (χ4v) is 4.11. The van der Waals surface area contributed by atoms with Crippen LogP contribution in [-0.2, 0) is 17.6 Å². The molecule has 1 unspecified atom stereocenters. The number of rotatable bonds is 3. The Bertz CT molecular complexity index is 1100. The maximum atomic E-state index is 11.8. The van der Waals surface area contributed by atoms with E-state index < -0.39 is 5.97 Å². The van der Waals surface area contributed by atoms with Crippen molar-refractivity contribution >= 4 is 11.8 Å². The van der Waals surface area contributed by atoms with Crippen LogP contribution >= 0.6 is 0 Å². The number of carbonyl (C=O) groups is 1. The number of nitrogens with two attached hydrogens (primary N) is 1. The Morgan fingerprint density at radius 3 is 2.55 bits per heavy atom. The minimum Gasteiger partial charge on any atom is -0.465 e. The molecular weight excluding hydrogens is 362 g/mol. The summed E-state index contributed by atoms with van der Waals surface area (Å²) in [4.78, 5) is 16.3. The van der Waals surface area contributed by atoms with Crippen molar-refractivity contribution in [3.63, 3.8) is 0 Å². The van der Waals surface area contributed by atoms with Crippen LogP contribution in [0, 0.1) is 11.3 Å². The summed E-state index contributed by atoms with van der Waals surface area (Å²) < 4.78 is 4.78. The fraction of sp³-hybridized carbons (Fsp3) is 0.208. The maximum absolute atomic E-state index is 11.8. The summed E-state index contributed by atoms with van der Waals surface area (Å²) in [7, 11) is 1.35. The summed E-state index contributed by atoms with van der Waals surface area (Å²) in [5.74, 6) is 0.239. The highest BCUT2D eigenvalue weighted by Gasteiger charge is 2.27. The van der Waals surface area contributed by atoms with E-state index in [1.54, 1.807) is 12.1 Å². The molecule has 0 spiro atoms. The molecule has 1 heterocycles. The molecular formula is C24H21N3O2. The third kappa shape index (κ3) is 3.45. The van der Waals surface area contributed by atoms with Gasteiger partial charge in [0.1, 0.15) is 17.5 Å². The highest BCUT2D eigenvalue weighted by molar-refractivity contribution is 5.90. The number of methoxy groups -OCH3 is 1. The van der Waals surface area contributed by atoms with Gasteiger partial charge in [-0.25, -0.2) is 9.78 Å². The van der Waals surface area contributed by atoms with E-state index in [9.17, 15) is 10.1 Å². The van der Waals surface area contributed by atoms with E-state index in [1.807, 2.05) is 18.2 Å². The predicted octanol–water partition coefficient (Wildman–Crippen LogP) is 4.26. The molecule has 5 heteroatoms. The predicted molar refractivity (Wildman–Crippen MR) is 111 cm³/mol. The first-order valence-corrected chi connectivity index (χ1v) is 9.57. The fourth-order valence-electron chi connectivity index (χ4n) is 4.11. The number of hydrogen-bond acceptors (Lipinski definition) is 5. The van der Waals surface area contributed by atoms with E-state index in [2.05, 4.69) is 35.3 Å². The molecule has 1 aromatic heterocycles. The Balaban J connectivity index is 1.82. The normalized spacial score (nSPS) is 15.2. The summed E-state index contributed by atoms with van der Waals surface area (Å²) in [6.45, 7) is 0. The molecule has 1 atom stereocenters. The molecule has 0 fully saturated rings. The first kappa shape index (κ1) is 18.7. The molecule has 1 aliphatic carbocycles. The number of ether oxygens (including phenoxy) is 1. The van der Waals surface area contributed by atoms with E-state index in [1.165, 1.54) is 12.7 Å². The topological polar surface area (TPSA) is 89.0 Å². The Morgan fingerprint density at radius 2 is 1.90 bits per heavy atom. The number of esters is 1. The average molecular weight is 383 g/mol. The Labute approximate surface area is 169 Å². The van der Waals surface area contributed by atoms with Crippen molar-refractivity contribution < 1.29 is 9.53 Å². The van der Waals surface area contributed by atoms with Crippen molar-refractivity contribution in [2.45, 2.75) is 25.2 Å².